The monoisotopic (exact) mass is 385 g/mol. The van der Waals surface area contributed by atoms with Crippen molar-refractivity contribution < 1.29 is 18.7 Å². The van der Waals surface area contributed by atoms with Crippen LogP contribution in [0.5, 0.6) is 5.75 Å². The van der Waals surface area contributed by atoms with Crippen LogP contribution >= 0.6 is 0 Å². The molecule has 28 heavy (non-hydrogen) atoms. The van der Waals surface area contributed by atoms with E-state index in [1.54, 1.807) is 36.4 Å². The van der Waals surface area contributed by atoms with Crippen LogP contribution in [0.1, 0.15) is 30.3 Å². The quantitative estimate of drug-likeness (QED) is 0.730. The van der Waals surface area contributed by atoms with Gasteiger partial charge in [0.2, 0.25) is 0 Å². The van der Waals surface area contributed by atoms with Gasteiger partial charge in [-0.2, -0.15) is 0 Å². The number of rotatable bonds is 8. The molecule has 0 atom stereocenters. The van der Waals surface area contributed by atoms with Crippen LogP contribution in [0.15, 0.2) is 47.1 Å². The first-order valence-electron chi connectivity index (χ1n) is 9.72. The van der Waals surface area contributed by atoms with Crippen LogP contribution in [0, 0.1) is 5.92 Å². The molecule has 2 aromatic rings. The SMILES string of the molecule is CCNCC1CCN(C(=O)COc2cccc(NC(=O)c3ccco3)c2)CC1. The topological polar surface area (TPSA) is 83.8 Å². The Morgan fingerprint density at radius 2 is 2.04 bits per heavy atom. The number of ether oxygens (including phenoxy) is 1. The molecule has 2 heterocycles. The minimum atomic E-state index is -0.335. The molecular weight excluding hydrogens is 358 g/mol. The van der Waals surface area contributed by atoms with Crippen molar-refractivity contribution >= 4 is 17.5 Å². The highest BCUT2D eigenvalue weighted by molar-refractivity contribution is 6.02. The molecule has 1 aliphatic rings. The normalized spacial score (nSPS) is 14.7. The fourth-order valence-electron chi connectivity index (χ4n) is 3.24. The number of likely N-dealkylation sites (tertiary alicyclic amines) is 1. The zero-order chi connectivity index (χ0) is 19.8. The number of carbonyl (C=O) groups excluding carboxylic acids is 2. The average Bonchev–Trinajstić information content (AvgIpc) is 3.26. The third kappa shape index (κ3) is 5.60. The maximum absolute atomic E-state index is 12.4. The average molecular weight is 385 g/mol. The number of nitrogens with zero attached hydrogens (tertiary/aromatic N) is 1. The standard InChI is InChI=1S/C21H27N3O4/c1-2-22-14-16-8-10-24(11-9-16)20(25)15-28-18-6-3-5-17(13-18)23-21(26)19-7-4-12-27-19/h3-7,12-13,16,22H,2,8-11,14-15H2,1H3,(H,23,26). The lowest BCUT2D eigenvalue weighted by Crippen LogP contribution is -2.42. The van der Waals surface area contributed by atoms with E-state index in [0.29, 0.717) is 17.4 Å². The van der Waals surface area contributed by atoms with Gasteiger partial charge in [0.1, 0.15) is 5.75 Å². The molecule has 0 unspecified atom stereocenters. The summed E-state index contributed by atoms with van der Waals surface area (Å²) in [6, 6.07) is 10.2. The van der Waals surface area contributed by atoms with Gasteiger partial charge in [0.15, 0.2) is 12.4 Å². The van der Waals surface area contributed by atoms with Gasteiger partial charge < -0.3 is 24.7 Å². The Kier molecular flexibility index (Phi) is 7.08. The van der Waals surface area contributed by atoms with E-state index in [4.69, 9.17) is 9.15 Å². The smallest absolute Gasteiger partial charge is 0.291 e. The molecule has 2 N–H and O–H groups in total. The summed E-state index contributed by atoms with van der Waals surface area (Å²) in [5.41, 5.74) is 0.579. The predicted molar refractivity (Wildman–Crippen MR) is 106 cm³/mol. The van der Waals surface area contributed by atoms with Gasteiger partial charge in [0.05, 0.1) is 6.26 Å². The van der Waals surface area contributed by atoms with Gasteiger partial charge in [-0.05, 0) is 56.1 Å². The predicted octanol–water partition coefficient (Wildman–Crippen LogP) is 2.76. The van der Waals surface area contributed by atoms with E-state index in [0.717, 1.165) is 39.0 Å². The van der Waals surface area contributed by atoms with Gasteiger partial charge >= 0.3 is 0 Å². The first kappa shape index (κ1) is 19.9. The molecule has 0 saturated carbocycles. The molecule has 0 bridgehead atoms. The van der Waals surface area contributed by atoms with E-state index in [-0.39, 0.29) is 24.2 Å². The van der Waals surface area contributed by atoms with Crippen LogP contribution in [-0.2, 0) is 4.79 Å². The van der Waals surface area contributed by atoms with Crippen LogP contribution in [0.2, 0.25) is 0 Å². The largest absolute Gasteiger partial charge is 0.484 e. The molecule has 3 rings (SSSR count). The maximum atomic E-state index is 12.4. The van der Waals surface area contributed by atoms with E-state index in [1.165, 1.54) is 6.26 Å². The van der Waals surface area contributed by atoms with Gasteiger partial charge in [-0.3, -0.25) is 9.59 Å². The number of anilines is 1. The second-order valence-electron chi connectivity index (χ2n) is 6.88. The molecule has 2 amide bonds. The molecule has 0 spiro atoms. The zero-order valence-electron chi connectivity index (χ0n) is 16.1. The number of nitrogens with one attached hydrogen (secondary N) is 2. The lowest BCUT2D eigenvalue weighted by atomic mass is 9.97. The van der Waals surface area contributed by atoms with Crippen molar-refractivity contribution in [3.8, 4) is 5.75 Å². The number of benzene rings is 1. The molecular formula is C21H27N3O4. The summed E-state index contributed by atoms with van der Waals surface area (Å²) in [4.78, 5) is 26.3. The molecule has 1 saturated heterocycles. The molecule has 1 aromatic heterocycles. The van der Waals surface area contributed by atoms with Crippen molar-refractivity contribution in [1.82, 2.24) is 10.2 Å². The van der Waals surface area contributed by atoms with Crippen LogP contribution in [0.3, 0.4) is 0 Å². The molecule has 1 fully saturated rings. The van der Waals surface area contributed by atoms with E-state index in [1.807, 2.05) is 4.90 Å². The summed E-state index contributed by atoms with van der Waals surface area (Å²) in [7, 11) is 0. The molecule has 7 heteroatoms. The van der Waals surface area contributed by atoms with Gasteiger partial charge in [-0.15, -0.1) is 0 Å². The molecule has 1 aromatic carbocycles. The number of carbonyl (C=O) groups is 2. The van der Waals surface area contributed by atoms with Crippen LogP contribution < -0.4 is 15.4 Å². The highest BCUT2D eigenvalue weighted by Crippen LogP contribution is 2.20. The fourth-order valence-corrected chi connectivity index (χ4v) is 3.24. The first-order valence-corrected chi connectivity index (χ1v) is 9.72. The lowest BCUT2D eigenvalue weighted by Gasteiger charge is -2.32. The van der Waals surface area contributed by atoms with E-state index in [2.05, 4.69) is 17.6 Å². The number of amides is 2. The molecule has 7 nitrogen and oxygen atoms in total. The van der Waals surface area contributed by atoms with Crippen molar-refractivity contribution in [1.29, 1.82) is 0 Å². The molecule has 0 aliphatic carbocycles. The molecule has 150 valence electrons. The second-order valence-corrected chi connectivity index (χ2v) is 6.88. The Morgan fingerprint density at radius 3 is 2.75 bits per heavy atom. The highest BCUT2D eigenvalue weighted by Gasteiger charge is 2.22. The number of hydrogen-bond acceptors (Lipinski definition) is 5. The number of furan rings is 1. The minimum Gasteiger partial charge on any atom is -0.484 e. The minimum absolute atomic E-state index is 0.00649. The summed E-state index contributed by atoms with van der Waals surface area (Å²) in [5.74, 6) is 1.07. The Bertz CT molecular complexity index is 768. The third-order valence-corrected chi connectivity index (χ3v) is 4.85. The van der Waals surface area contributed by atoms with E-state index < -0.39 is 0 Å². The first-order chi connectivity index (χ1) is 13.7. The number of piperidine rings is 1. The van der Waals surface area contributed by atoms with Gasteiger partial charge in [0, 0.05) is 24.8 Å². The van der Waals surface area contributed by atoms with Gasteiger partial charge in [-0.1, -0.05) is 13.0 Å². The van der Waals surface area contributed by atoms with Crippen molar-refractivity contribution in [2.45, 2.75) is 19.8 Å². The van der Waals surface area contributed by atoms with E-state index in [9.17, 15) is 9.59 Å². The fraction of sp³-hybridized carbons (Fsp3) is 0.429. The van der Waals surface area contributed by atoms with Gasteiger partial charge in [-0.25, -0.2) is 0 Å². The third-order valence-electron chi connectivity index (χ3n) is 4.85. The Balaban J connectivity index is 1.46. The van der Waals surface area contributed by atoms with Crippen molar-refractivity contribution in [2.75, 3.05) is 38.1 Å². The van der Waals surface area contributed by atoms with E-state index >= 15 is 0 Å². The highest BCUT2D eigenvalue weighted by atomic mass is 16.5. The Labute approximate surface area is 165 Å². The van der Waals surface area contributed by atoms with Crippen LogP contribution in [0.4, 0.5) is 5.69 Å². The lowest BCUT2D eigenvalue weighted by molar-refractivity contribution is -0.134. The summed E-state index contributed by atoms with van der Waals surface area (Å²) in [6.07, 6.45) is 3.49. The summed E-state index contributed by atoms with van der Waals surface area (Å²) in [5, 5.41) is 6.12. The van der Waals surface area contributed by atoms with Gasteiger partial charge in [0.25, 0.3) is 11.8 Å². The molecule has 1 aliphatic heterocycles. The van der Waals surface area contributed by atoms with Crippen molar-refractivity contribution in [3.05, 3.63) is 48.4 Å². The second kappa shape index (κ2) is 9.94. The van der Waals surface area contributed by atoms with Crippen molar-refractivity contribution in [3.63, 3.8) is 0 Å². The Morgan fingerprint density at radius 1 is 1.21 bits per heavy atom. The summed E-state index contributed by atoms with van der Waals surface area (Å²) in [6.45, 7) is 5.65. The van der Waals surface area contributed by atoms with Crippen LogP contribution in [-0.4, -0.2) is 49.5 Å². The van der Waals surface area contributed by atoms with Crippen LogP contribution in [0.25, 0.3) is 0 Å². The van der Waals surface area contributed by atoms with Crippen molar-refractivity contribution in [2.24, 2.45) is 5.92 Å². The Hall–Kier alpha value is -2.80. The summed E-state index contributed by atoms with van der Waals surface area (Å²) < 4.78 is 10.7. The molecule has 0 radical (unpaired) electrons. The zero-order valence-corrected chi connectivity index (χ0v) is 16.1. The maximum Gasteiger partial charge on any atom is 0.291 e. The summed E-state index contributed by atoms with van der Waals surface area (Å²) >= 11 is 0. The number of hydrogen-bond donors (Lipinski definition) is 2.